The molecule has 166 valence electrons. The van der Waals surface area contributed by atoms with Gasteiger partial charge in [-0.25, -0.2) is 4.98 Å². The summed E-state index contributed by atoms with van der Waals surface area (Å²) in [5, 5.41) is 2.05. The van der Waals surface area contributed by atoms with E-state index in [0.717, 1.165) is 22.8 Å². The van der Waals surface area contributed by atoms with E-state index in [1.165, 1.54) is 0 Å². The number of benzene rings is 1. The van der Waals surface area contributed by atoms with Gasteiger partial charge in [0.05, 0.1) is 13.2 Å². The molecule has 6 nitrogen and oxygen atoms in total. The first-order valence-electron chi connectivity index (χ1n) is 10.7. The quantitative estimate of drug-likeness (QED) is 0.541. The smallest absolute Gasteiger partial charge is 0.223 e. The zero-order chi connectivity index (χ0) is 22.1. The Labute approximate surface area is 189 Å². The number of morpholine rings is 1. The molecule has 7 heteroatoms. The standard InChI is InChI=1S/C24H31N3O3S/c1-18(2)24-25-19(3)15-22(26-24)30-17-21-16-27(11-12-29-21)23(28)10-14-31-13-9-20-7-5-4-6-8-20/h4-9,13,15,18,21H,10-12,14,16-17H2,1-3H3/b13-9-. The lowest BCUT2D eigenvalue weighted by Gasteiger charge is -2.32. The fraction of sp³-hybridized carbons (Fsp3) is 0.458. The highest BCUT2D eigenvalue weighted by atomic mass is 32.2. The average Bonchev–Trinajstić information content (AvgIpc) is 2.78. The summed E-state index contributed by atoms with van der Waals surface area (Å²) in [5.74, 6) is 2.49. The lowest BCUT2D eigenvalue weighted by molar-refractivity contribution is -0.139. The van der Waals surface area contributed by atoms with Gasteiger partial charge < -0.3 is 14.4 Å². The molecule has 2 heterocycles. The molecular formula is C24H31N3O3S. The van der Waals surface area contributed by atoms with E-state index >= 15 is 0 Å². The molecule has 1 aliphatic heterocycles. The largest absolute Gasteiger partial charge is 0.475 e. The first-order chi connectivity index (χ1) is 15.0. The zero-order valence-corrected chi connectivity index (χ0v) is 19.3. The fourth-order valence-electron chi connectivity index (χ4n) is 3.18. The molecule has 0 spiro atoms. The minimum Gasteiger partial charge on any atom is -0.475 e. The van der Waals surface area contributed by atoms with Gasteiger partial charge in [-0.15, -0.1) is 11.8 Å². The van der Waals surface area contributed by atoms with Gasteiger partial charge in [0.15, 0.2) is 0 Å². The molecule has 1 unspecified atom stereocenters. The number of carbonyl (C=O) groups excluding carboxylic acids is 1. The van der Waals surface area contributed by atoms with Crippen LogP contribution in [-0.2, 0) is 9.53 Å². The highest BCUT2D eigenvalue weighted by molar-refractivity contribution is 8.02. The Bertz CT molecular complexity index is 874. The van der Waals surface area contributed by atoms with Crippen LogP contribution in [0.5, 0.6) is 5.88 Å². The minimum absolute atomic E-state index is 0.152. The average molecular weight is 442 g/mol. The van der Waals surface area contributed by atoms with Crippen molar-refractivity contribution in [3.05, 3.63) is 58.9 Å². The van der Waals surface area contributed by atoms with Crippen LogP contribution >= 0.6 is 11.8 Å². The maximum Gasteiger partial charge on any atom is 0.223 e. The van der Waals surface area contributed by atoms with E-state index in [1.54, 1.807) is 11.8 Å². The Morgan fingerprint density at radius 2 is 2.13 bits per heavy atom. The summed E-state index contributed by atoms with van der Waals surface area (Å²) in [7, 11) is 0. The van der Waals surface area contributed by atoms with E-state index in [2.05, 4.69) is 42.0 Å². The van der Waals surface area contributed by atoms with Gasteiger partial charge in [-0.05, 0) is 24.0 Å². The van der Waals surface area contributed by atoms with Crippen molar-refractivity contribution in [2.75, 3.05) is 32.1 Å². The molecular weight excluding hydrogens is 410 g/mol. The van der Waals surface area contributed by atoms with Gasteiger partial charge in [-0.2, -0.15) is 4.98 Å². The molecule has 1 saturated heterocycles. The van der Waals surface area contributed by atoms with E-state index in [0.29, 0.717) is 38.6 Å². The summed E-state index contributed by atoms with van der Waals surface area (Å²) >= 11 is 1.66. The van der Waals surface area contributed by atoms with Gasteiger partial charge in [-0.1, -0.05) is 44.2 Å². The van der Waals surface area contributed by atoms with Crippen LogP contribution in [0.4, 0.5) is 0 Å². The second-order valence-electron chi connectivity index (χ2n) is 7.84. The molecule has 1 aromatic carbocycles. The predicted molar refractivity (Wildman–Crippen MR) is 125 cm³/mol. The molecule has 0 N–H and O–H groups in total. The van der Waals surface area contributed by atoms with Crippen molar-refractivity contribution in [1.82, 2.24) is 14.9 Å². The molecule has 2 aromatic rings. The second kappa shape index (κ2) is 11.9. The van der Waals surface area contributed by atoms with Crippen molar-refractivity contribution < 1.29 is 14.3 Å². The molecule has 0 radical (unpaired) electrons. The molecule has 0 saturated carbocycles. The van der Waals surface area contributed by atoms with Gasteiger partial charge in [0.2, 0.25) is 11.8 Å². The summed E-state index contributed by atoms with van der Waals surface area (Å²) in [4.78, 5) is 23.4. The van der Waals surface area contributed by atoms with E-state index in [1.807, 2.05) is 41.5 Å². The van der Waals surface area contributed by atoms with Crippen molar-refractivity contribution in [2.45, 2.75) is 39.2 Å². The number of aryl methyl sites for hydroxylation is 1. The van der Waals surface area contributed by atoms with E-state index in [9.17, 15) is 4.79 Å². The monoisotopic (exact) mass is 441 g/mol. The molecule has 3 rings (SSSR count). The Morgan fingerprint density at radius 1 is 1.32 bits per heavy atom. The zero-order valence-electron chi connectivity index (χ0n) is 18.5. The molecule has 1 aliphatic rings. The molecule has 0 aliphatic carbocycles. The minimum atomic E-state index is -0.152. The van der Waals surface area contributed by atoms with Crippen LogP contribution in [0, 0.1) is 6.92 Å². The summed E-state index contributed by atoms with van der Waals surface area (Å²) in [5.41, 5.74) is 2.05. The molecule has 1 amide bonds. The van der Waals surface area contributed by atoms with Crippen molar-refractivity contribution >= 4 is 23.7 Å². The van der Waals surface area contributed by atoms with Gasteiger partial charge in [0.25, 0.3) is 0 Å². The number of ether oxygens (including phenoxy) is 2. The Kier molecular flexibility index (Phi) is 8.91. The van der Waals surface area contributed by atoms with Crippen LogP contribution in [0.1, 0.15) is 43.3 Å². The topological polar surface area (TPSA) is 64.5 Å². The number of aromatic nitrogens is 2. The maximum absolute atomic E-state index is 12.6. The van der Waals surface area contributed by atoms with Crippen LogP contribution in [0.3, 0.4) is 0 Å². The lowest BCUT2D eigenvalue weighted by Crippen LogP contribution is -2.47. The van der Waals surface area contributed by atoms with Crippen molar-refractivity contribution in [2.24, 2.45) is 0 Å². The SMILES string of the molecule is Cc1cc(OCC2CN(C(=O)CCS/C=C\c3ccccc3)CCO2)nc(C(C)C)n1. The lowest BCUT2D eigenvalue weighted by atomic mass is 10.2. The van der Waals surface area contributed by atoms with Crippen molar-refractivity contribution in [3.63, 3.8) is 0 Å². The normalized spacial score (nSPS) is 16.8. The van der Waals surface area contributed by atoms with Crippen LogP contribution in [0.15, 0.2) is 41.8 Å². The first kappa shape index (κ1) is 23.3. The highest BCUT2D eigenvalue weighted by Crippen LogP contribution is 2.17. The number of carbonyl (C=O) groups is 1. The van der Waals surface area contributed by atoms with E-state index in [4.69, 9.17) is 9.47 Å². The number of amides is 1. The number of thioether (sulfide) groups is 1. The second-order valence-corrected chi connectivity index (χ2v) is 8.85. The van der Waals surface area contributed by atoms with Gasteiger partial charge in [0, 0.05) is 36.4 Å². The third-order valence-corrected chi connectivity index (χ3v) is 5.63. The number of hydrogen-bond donors (Lipinski definition) is 0. The van der Waals surface area contributed by atoms with Crippen LogP contribution in [0.2, 0.25) is 0 Å². The number of nitrogens with zero attached hydrogens (tertiary/aromatic N) is 3. The first-order valence-corrected chi connectivity index (χ1v) is 11.8. The Balaban J connectivity index is 1.41. The fourth-order valence-corrected chi connectivity index (χ4v) is 3.86. The summed E-state index contributed by atoms with van der Waals surface area (Å²) in [6, 6.07) is 12.0. The number of rotatable bonds is 9. The maximum atomic E-state index is 12.6. The summed E-state index contributed by atoms with van der Waals surface area (Å²) < 4.78 is 11.7. The van der Waals surface area contributed by atoms with E-state index < -0.39 is 0 Å². The van der Waals surface area contributed by atoms with Crippen LogP contribution in [0.25, 0.3) is 6.08 Å². The van der Waals surface area contributed by atoms with Gasteiger partial charge >= 0.3 is 0 Å². The van der Waals surface area contributed by atoms with Crippen LogP contribution in [-0.4, -0.2) is 58.9 Å². The summed E-state index contributed by atoms with van der Waals surface area (Å²) in [6.45, 7) is 8.12. The van der Waals surface area contributed by atoms with Gasteiger partial charge in [-0.3, -0.25) is 4.79 Å². The highest BCUT2D eigenvalue weighted by Gasteiger charge is 2.24. The third kappa shape index (κ3) is 7.67. The van der Waals surface area contributed by atoms with Gasteiger partial charge in [0.1, 0.15) is 18.5 Å². The predicted octanol–water partition coefficient (Wildman–Crippen LogP) is 4.31. The Hall–Kier alpha value is -2.38. The van der Waals surface area contributed by atoms with Crippen molar-refractivity contribution in [3.8, 4) is 5.88 Å². The molecule has 1 aromatic heterocycles. The van der Waals surface area contributed by atoms with E-state index in [-0.39, 0.29) is 17.9 Å². The van der Waals surface area contributed by atoms with Crippen LogP contribution < -0.4 is 4.74 Å². The number of hydrogen-bond acceptors (Lipinski definition) is 6. The summed E-state index contributed by atoms with van der Waals surface area (Å²) in [6.07, 6.45) is 2.43. The Morgan fingerprint density at radius 3 is 2.90 bits per heavy atom. The molecule has 0 bridgehead atoms. The van der Waals surface area contributed by atoms with Crippen molar-refractivity contribution in [1.29, 1.82) is 0 Å². The molecule has 1 fully saturated rings. The molecule has 31 heavy (non-hydrogen) atoms. The molecule has 1 atom stereocenters. The third-order valence-electron chi connectivity index (χ3n) is 4.86.